The van der Waals surface area contributed by atoms with Crippen LogP contribution in [0.3, 0.4) is 0 Å². The molecule has 0 aromatic heterocycles. The summed E-state index contributed by atoms with van der Waals surface area (Å²) >= 11 is 0. The molecule has 0 saturated carbocycles. The number of morpholine rings is 1. The molecule has 1 aromatic carbocycles. The second-order valence-corrected chi connectivity index (χ2v) is 6.49. The number of ether oxygens (including phenoxy) is 1. The second kappa shape index (κ2) is 9.30. The van der Waals surface area contributed by atoms with Gasteiger partial charge in [-0.3, -0.25) is 9.59 Å². The van der Waals surface area contributed by atoms with Crippen molar-refractivity contribution in [2.45, 2.75) is 25.5 Å². The van der Waals surface area contributed by atoms with Gasteiger partial charge in [0.2, 0.25) is 5.91 Å². The molecule has 0 aliphatic carbocycles. The Labute approximate surface area is 159 Å². The molecule has 1 aromatic rings. The molecule has 0 spiro atoms. The summed E-state index contributed by atoms with van der Waals surface area (Å²) in [5.74, 6) is -0.594. The van der Waals surface area contributed by atoms with E-state index < -0.39 is 5.82 Å². The molecule has 0 unspecified atom stereocenters. The van der Waals surface area contributed by atoms with Crippen molar-refractivity contribution in [2.75, 3.05) is 39.3 Å². The number of carbonyl (C=O) groups excluding carboxylic acids is 2. The molecule has 2 aliphatic heterocycles. The molecule has 0 bridgehead atoms. The zero-order chi connectivity index (χ0) is 17.8. The van der Waals surface area contributed by atoms with Crippen molar-refractivity contribution in [3.8, 4) is 0 Å². The van der Waals surface area contributed by atoms with Crippen molar-refractivity contribution >= 4 is 24.2 Å². The van der Waals surface area contributed by atoms with E-state index in [2.05, 4.69) is 5.32 Å². The SMILES string of the molecule is C[C@H]1OCCN[C@@H]1C(=O)N1CCCN(C(=O)c2cccc(F)c2)CC1.Cl. The van der Waals surface area contributed by atoms with Crippen molar-refractivity contribution in [3.63, 3.8) is 0 Å². The van der Waals surface area contributed by atoms with E-state index in [1.165, 1.54) is 18.2 Å². The summed E-state index contributed by atoms with van der Waals surface area (Å²) in [7, 11) is 0. The summed E-state index contributed by atoms with van der Waals surface area (Å²) in [5, 5.41) is 3.21. The van der Waals surface area contributed by atoms with Gasteiger partial charge in [-0.2, -0.15) is 0 Å². The summed E-state index contributed by atoms with van der Waals surface area (Å²) in [6.45, 7) is 5.26. The summed E-state index contributed by atoms with van der Waals surface area (Å²) < 4.78 is 18.9. The number of amides is 2. The minimum absolute atomic E-state index is 0. The molecular formula is C18H25ClFN3O3. The first kappa shape index (κ1) is 20.6. The van der Waals surface area contributed by atoms with Crippen LogP contribution in [0.1, 0.15) is 23.7 Å². The van der Waals surface area contributed by atoms with Crippen LogP contribution in [0.4, 0.5) is 4.39 Å². The van der Waals surface area contributed by atoms with Crippen LogP contribution in [-0.4, -0.2) is 73.1 Å². The van der Waals surface area contributed by atoms with Gasteiger partial charge in [0, 0.05) is 38.3 Å². The summed E-state index contributed by atoms with van der Waals surface area (Å²) in [6.07, 6.45) is 0.545. The van der Waals surface area contributed by atoms with Crippen LogP contribution in [0.25, 0.3) is 0 Å². The van der Waals surface area contributed by atoms with Crippen LogP contribution >= 0.6 is 12.4 Å². The third-order valence-electron chi connectivity index (χ3n) is 4.75. The third kappa shape index (κ3) is 4.72. The Bertz CT molecular complexity index is 646. The van der Waals surface area contributed by atoms with E-state index in [1.807, 2.05) is 6.92 Å². The molecule has 2 fully saturated rings. The molecule has 0 radical (unpaired) electrons. The zero-order valence-corrected chi connectivity index (χ0v) is 15.6. The lowest BCUT2D eigenvalue weighted by Gasteiger charge is -2.33. The number of hydrogen-bond acceptors (Lipinski definition) is 4. The standard InChI is InChI=1S/C18H24FN3O3.ClH/c1-13-16(20-6-11-25-13)18(24)22-8-3-7-21(9-10-22)17(23)14-4-2-5-15(19)12-14;/h2,4-5,12-13,16,20H,3,6-11H2,1H3;1H/t13-,16+;/m1./s1. The van der Waals surface area contributed by atoms with E-state index in [0.717, 1.165) is 0 Å². The molecule has 8 heteroatoms. The number of nitrogens with one attached hydrogen (secondary N) is 1. The quantitative estimate of drug-likeness (QED) is 0.833. The number of hydrogen-bond donors (Lipinski definition) is 1. The van der Waals surface area contributed by atoms with Crippen LogP contribution in [-0.2, 0) is 9.53 Å². The fourth-order valence-electron chi connectivity index (χ4n) is 3.35. The zero-order valence-electron chi connectivity index (χ0n) is 14.8. The largest absolute Gasteiger partial charge is 0.375 e. The Balaban J connectivity index is 0.00000243. The minimum atomic E-state index is -0.421. The van der Waals surface area contributed by atoms with Crippen LogP contribution in [0.15, 0.2) is 24.3 Å². The number of carbonyl (C=O) groups is 2. The molecule has 144 valence electrons. The van der Waals surface area contributed by atoms with Gasteiger partial charge in [0.25, 0.3) is 5.91 Å². The van der Waals surface area contributed by atoms with E-state index in [-0.39, 0.29) is 36.4 Å². The van der Waals surface area contributed by atoms with E-state index >= 15 is 0 Å². The van der Waals surface area contributed by atoms with Gasteiger partial charge in [0.15, 0.2) is 0 Å². The average Bonchev–Trinajstić information content (AvgIpc) is 2.87. The Morgan fingerprint density at radius 2 is 1.92 bits per heavy atom. The molecule has 6 nitrogen and oxygen atoms in total. The van der Waals surface area contributed by atoms with Crippen molar-refractivity contribution in [1.29, 1.82) is 0 Å². The lowest BCUT2D eigenvalue weighted by atomic mass is 10.1. The summed E-state index contributed by atoms with van der Waals surface area (Å²) in [6, 6.07) is 5.39. The topological polar surface area (TPSA) is 61.9 Å². The van der Waals surface area contributed by atoms with Gasteiger partial charge in [0.1, 0.15) is 11.9 Å². The highest BCUT2D eigenvalue weighted by atomic mass is 35.5. The fourth-order valence-corrected chi connectivity index (χ4v) is 3.35. The average molecular weight is 386 g/mol. The molecule has 2 amide bonds. The molecule has 2 atom stereocenters. The van der Waals surface area contributed by atoms with Gasteiger partial charge in [-0.05, 0) is 31.5 Å². The van der Waals surface area contributed by atoms with E-state index in [1.54, 1.807) is 15.9 Å². The van der Waals surface area contributed by atoms with E-state index in [0.29, 0.717) is 51.3 Å². The highest BCUT2D eigenvalue weighted by Crippen LogP contribution is 2.13. The second-order valence-electron chi connectivity index (χ2n) is 6.49. The van der Waals surface area contributed by atoms with Crippen molar-refractivity contribution in [3.05, 3.63) is 35.6 Å². The molecule has 3 rings (SSSR count). The van der Waals surface area contributed by atoms with Gasteiger partial charge in [-0.1, -0.05) is 6.07 Å². The van der Waals surface area contributed by atoms with Gasteiger partial charge in [0.05, 0.1) is 12.7 Å². The number of rotatable bonds is 2. The van der Waals surface area contributed by atoms with E-state index in [4.69, 9.17) is 4.74 Å². The van der Waals surface area contributed by atoms with Crippen molar-refractivity contribution in [1.82, 2.24) is 15.1 Å². The monoisotopic (exact) mass is 385 g/mol. The Morgan fingerprint density at radius 3 is 2.65 bits per heavy atom. The minimum Gasteiger partial charge on any atom is -0.375 e. The Morgan fingerprint density at radius 1 is 1.19 bits per heavy atom. The van der Waals surface area contributed by atoms with Gasteiger partial charge < -0.3 is 19.9 Å². The van der Waals surface area contributed by atoms with Crippen LogP contribution in [0, 0.1) is 5.82 Å². The smallest absolute Gasteiger partial charge is 0.254 e. The van der Waals surface area contributed by atoms with Gasteiger partial charge in [-0.15, -0.1) is 12.4 Å². The molecule has 2 saturated heterocycles. The Hall–Kier alpha value is -1.70. The lowest BCUT2D eigenvalue weighted by Crippen LogP contribution is -2.56. The first-order chi connectivity index (χ1) is 12.1. The number of nitrogens with zero attached hydrogens (tertiary/aromatic N) is 2. The fraction of sp³-hybridized carbons (Fsp3) is 0.556. The van der Waals surface area contributed by atoms with Crippen LogP contribution < -0.4 is 5.32 Å². The predicted molar refractivity (Wildman–Crippen MR) is 98.0 cm³/mol. The molecule has 2 aliphatic rings. The van der Waals surface area contributed by atoms with Gasteiger partial charge in [-0.25, -0.2) is 4.39 Å². The number of halogens is 2. The number of benzene rings is 1. The normalized spacial score (nSPS) is 23.8. The summed E-state index contributed by atoms with van der Waals surface area (Å²) in [4.78, 5) is 28.8. The summed E-state index contributed by atoms with van der Waals surface area (Å²) in [5.41, 5.74) is 0.343. The lowest BCUT2D eigenvalue weighted by molar-refractivity contribution is -0.139. The van der Waals surface area contributed by atoms with Gasteiger partial charge >= 0.3 is 0 Å². The highest BCUT2D eigenvalue weighted by molar-refractivity contribution is 5.94. The van der Waals surface area contributed by atoms with Crippen LogP contribution in [0.2, 0.25) is 0 Å². The molecule has 2 heterocycles. The maximum absolute atomic E-state index is 13.3. The molecular weight excluding hydrogens is 361 g/mol. The maximum Gasteiger partial charge on any atom is 0.254 e. The van der Waals surface area contributed by atoms with Crippen molar-refractivity contribution < 1.29 is 18.7 Å². The molecule has 1 N–H and O–H groups in total. The highest BCUT2D eigenvalue weighted by Gasteiger charge is 2.33. The first-order valence-corrected chi connectivity index (χ1v) is 8.75. The maximum atomic E-state index is 13.3. The third-order valence-corrected chi connectivity index (χ3v) is 4.75. The van der Waals surface area contributed by atoms with Crippen molar-refractivity contribution in [2.24, 2.45) is 0 Å². The predicted octanol–water partition coefficient (Wildman–Crippen LogP) is 1.30. The Kier molecular flexibility index (Phi) is 7.37. The molecule has 26 heavy (non-hydrogen) atoms. The van der Waals surface area contributed by atoms with E-state index in [9.17, 15) is 14.0 Å². The first-order valence-electron chi connectivity index (χ1n) is 8.75. The van der Waals surface area contributed by atoms with Crippen LogP contribution in [0.5, 0.6) is 0 Å².